The van der Waals surface area contributed by atoms with Crippen LogP contribution in [0.25, 0.3) is 0 Å². The molecule has 12 atom stereocenters. The molecule has 0 aromatic rings. The van der Waals surface area contributed by atoms with E-state index in [1.807, 2.05) is 32.8 Å². The van der Waals surface area contributed by atoms with Gasteiger partial charge in [-0.1, -0.05) is 27.7 Å². The Kier molecular flexibility index (Phi) is 13.6. The molecule has 2 rings (SSSR count). The number of ketones is 1. The summed E-state index contributed by atoms with van der Waals surface area (Å²) in [5.74, 6) is -3.66. The summed E-state index contributed by atoms with van der Waals surface area (Å²) >= 11 is 0. The summed E-state index contributed by atoms with van der Waals surface area (Å²) in [6, 6.07) is -0.217. The average molecular weight is 628 g/mol. The Hall–Kier alpha value is -1.89. The van der Waals surface area contributed by atoms with Crippen LogP contribution in [-0.4, -0.2) is 108 Å². The normalized spacial score (nSPS) is 42.7. The van der Waals surface area contributed by atoms with E-state index in [-0.39, 0.29) is 24.3 Å². The van der Waals surface area contributed by atoms with Crippen LogP contribution in [0.5, 0.6) is 0 Å². The lowest BCUT2D eigenvalue weighted by Gasteiger charge is -2.48. The summed E-state index contributed by atoms with van der Waals surface area (Å²) in [5, 5.41) is 23.0. The Morgan fingerprint density at radius 1 is 1.14 bits per heavy atom. The molecule has 0 radical (unpaired) electrons. The molecule has 0 saturated carbocycles. The first-order valence-corrected chi connectivity index (χ1v) is 15.9. The first kappa shape index (κ1) is 38.3. The van der Waals surface area contributed by atoms with Crippen molar-refractivity contribution in [1.29, 1.82) is 0 Å². The fourth-order valence-electron chi connectivity index (χ4n) is 6.69. The molecule has 11 nitrogen and oxygen atoms in total. The fraction of sp³-hybridized carbons (Fsp3) is 0.848. The largest absolute Gasteiger partial charge is 0.459 e. The monoisotopic (exact) mass is 627 g/mol. The molecule has 1 fully saturated rings. The lowest BCUT2D eigenvalue weighted by molar-refractivity contribution is -0.303. The van der Waals surface area contributed by atoms with Gasteiger partial charge < -0.3 is 38.8 Å². The molecular formula is C33H57NO10. The molecule has 44 heavy (non-hydrogen) atoms. The molecule has 254 valence electrons. The van der Waals surface area contributed by atoms with E-state index >= 15 is 0 Å². The zero-order chi connectivity index (χ0) is 33.7. The fourth-order valence-corrected chi connectivity index (χ4v) is 6.69. The van der Waals surface area contributed by atoms with E-state index in [1.54, 1.807) is 34.6 Å². The summed E-state index contributed by atoms with van der Waals surface area (Å²) in [7, 11) is 5.30. The van der Waals surface area contributed by atoms with Gasteiger partial charge in [-0.05, 0) is 79.1 Å². The number of aliphatic hydroxyl groups excluding tert-OH is 1. The lowest BCUT2D eigenvalue weighted by Crippen LogP contribution is -2.60. The Labute approximate surface area is 263 Å². The van der Waals surface area contributed by atoms with Gasteiger partial charge in [-0.15, -0.1) is 0 Å². The summed E-state index contributed by atoms with van der Waals surface area (Å²) in [6.45, 7) is 15.3. The minimum Gasteiger partial charge on any atom is -0.459 e. The number of rotatable bonds is 7. The number of esters is 2. The SMILES string of the molecule is CC/C1=C\[C@](C)(O)[C@@H](CC)OC(=O)[C@H](C)[C@@H](O)[C@H](C)[C@@H](OC2O[C@H](C)C[C@H](N(C)C)[C@H]2OC(C)=O)[C@@](C)(OC)C[C@@H](C)C1=O. The molecule has 1 unspecified atom stereocenters. The number of cyclic esters (lactones) is 1. The molecule has 11 heteroatoms. The number of carbonyl (C=O) groups is 3. The van der Waals surface area contributed by atoms with Gasteiger partial charge in [-0.25, -0.2) is 0 Å². The van der Waals surface area contributed by atoms with Crippen molar-refractivity contribution in [3.8, 4) is 0 Å². The molecule has 0 bridgehead atoms. The number of allylic oxidation sites excluding steroid dienone is 1. The lowest BCUT2D eigenvalue weighted by atomic mass is 9.76. The predicted octanol–water partition coefficient (Wildman–Crippen LogP) is 3.42. The van der Waals surface area contributed by atoms with Crippen LogP contribution in [-0.2, 0) is 38.1 Å². The predicted molar refractivity (Wildman–Crippen MR) is 165 cm³/mol. The van der Waals surface area contributed by atoms with Crippen molar-refractivity contribution < 1.29 is 48.3 Å². The molecule has 0 spiro atoms. The van der Waals surface area contributed by atoms with E-state index < -0.39 is 71.6 Å². The van der Waals surface area contributed by atoms with Crippen LogP contribution >= 0.6 is 0 Å². The number of ether oxygens (including phenoxy) is 5. The summed E-state index contributed by atoms with van der Waals surface area (Å²) in [6.07, 6.45) is -2.25. The van der Waals surface area contributed by atoms with Gasteiger partial charge in [-0.2, -0.15) is 0 Å². The van der Waals surface area contributed by atoms with Crippen molar-refractivity contribution in [3.05, 3.63) is 11.6 Å². The first-order valence-electron chi connectivity index (χ1n) is 15.9. The maximum atomic E-state index is 13.8. The van der Waals surface area contributed by atoms with Crippen LogP contribution in [0.2, 0.25) is 0 Å². The van der Waals surface area contributed by atoms with E-state index in [0.29, 0.717) is 24.8 Å². The third-order valence-corrected chi connectivity index (χ3v) is 9.41. The average Bonchev–Trinajstić information content (AvgIpc) is 2.95. The van der Waals surface area contributed by atoms with Gasteiger partial charge in [0.15, 0.2) is 18.2 Å². The van der Waals surface area contributed by atoms with Gasteiger partial charge in [0.1, 0.15) is 11.7 Å². The third kappa shape index (κ3) is 8.88. The summed E-state index contributed by atoms with van der Waals surface area (Å²) < 4.78 is 30.6. The second-order valence-corrected chi connectivity index (χ2v) is 13.4. The molecule has 2 aliphatic rings. The van der Waals surface area contributed by atoms with Crippen LogP contribution < -0.4 is 0 Å². The number of Topliss-reactive ketones (excluding diaryl/α,β-unsaturated/α-hetero) is 1. The van der Waals surface area contributed by atoms with Gasteiger partial charge in [0.2, 0.25) is 0 Å². The zero-order valence-electron chi connectivity index (χ0n) is 28.8. The Morgan fingerprint density at radius 3 is 2.25 bits per heavy atom. The van der Waals surface area contributed by atoms with E-state index in [0.717, 1.165) is 0 Å². The highest BCUT2D eigenvalue weighted by Gasteiger charge is 2.50. The minimum absolute atomic E-state index is 0.178. The van der Waals surface area contributed by atoms with Crippen molar-refractivity contribution >= 4 is 17.7 Å². The molecule has 0 aromatic carbocycles. The van der Waals surface area contributed by atoms with Crippen LogP contribution in [0.4, 0.5) is 0 Å². The number of methoxy groups -OCH3 is 1. The zero-order valence-corrected chi connectivity index (χ0v) is 28.8. The number of hydrogen-bond acceptors (Lipinski definition) is 11. The van der Waals surface area contributed by atoms with Crippen molar-refractivity contribution in [1.82, 2.24) is 4.90 Å². The van der Waals surface area contributed by atoms with Crippen LogP contribution in [0.15, 0.2) is 11.6 Å². The molecule has 0 aromatic heterocycles. The van der Waals surface area contributed by atoms with Gasteiger partial charge in [0.25, 0.3) is 0 Å². The molecular weight excluding hydrogens is 570 g/mol. The maximum absolute atomic E-state index is 13.8. The van der Waals surface area contributed by atoms with Crippen LogP contribution in [0.3, 0.4) is 0 Å². The topological polar surface area (TPSA) is 141 Å². The van der Waals surface area contributed by atoms with Crippen molar-refractivity contribution in [3.63, 3.8) is 0 Å². The third-order valence-electron chi connectivity index (χ3n) is 9.41. The number of nitrogens with zero attached hydrogens (tertiary/aromatic N) is 1. The number of aliphatic hydroxyl groups is 2. The molecule has 2 aliphatic heterocycles. The highest BCUT2D eigenvalue weighted by Crippen LogP contribution is 2.39. The Bertz CT molecular complexity index is 1030. The van der Waals surface area contributed by atoms with Crippen molar-refractivity contribution in [2.24, 2.45) is 17.8 Å². The maximum Gasteiger partial charge on any atom is 0.311 e. The van der Waals surface area contributed by atoms with Gasteiger partial charge >= 0.3 is 11.9 Å². The van der Waals surface area contributed by atoms with Gasteiger partial charge in [-0.3, -0.25) is 14.4 Å². The molecule has 2 N–H and O–H groups in total. The number of likely N-dealkylation sites (N-methyl/N-ethyl adjacent to an activating group) is 1. The molecule has 2 heterocycles. The summed E-state index contributed by atoms with van der Waals surface area (Å²) in [4.78, 5) is 41.4. The standard InChI is InChI=1S/C33H57NO10/c1-13-23-17-32(8,39)25(14-2)43-30(38)21(6)27(37)20(5)29(33(9,40-12)16-18(3)26(23)36)44-31-28(42-22(7)35)24(34(10)11)15-19(4)41-31/h17-21,24-25,27-29,31,37,39H,13-16H2,1-12H3/b23-17+/t18-,19-,20+,21-,24+,25-,27+,28-,29-,31?,32+,33+/m1/s1. The van der Waals surface area contributed by atoms with Crippen LogP contribution in [0, 0.1) is 17.8 Å². The smallest absolute Gasteiger partial charge is 0.311 e. The van der Waals surface area contributed by atoms with E-state index in [4.69, 9.17) is 23.7 Å². The van der Waals surface area contributed by atoms with Crippen LogP contribution in [0.1, 0.15) is 88.0 Å². The Balaban J connectivity index is 2.70. The van der Waals surface area contributed by atoms with Crippen molar-refractivity contribution in [2.75, 3.05) is 21.2 Å². The van der Waals surface area contributed by atoms with E-state index in [9.17, 15) is 24.6 Å². The minimum atomic E-state index is -1.61. The summed E-state index contributed by atoms with van der Waals surface area (Å²) in [5.41, 5.74) is -2.36. The molecule has 1 saturated heterocycles. The highest BCUT2D eigenvalue weighted by atomic mass is 16.7. The quantitative estimate of drug-likeness (QED) is 0.401. The second kappa shape index (κ2) is 15.6. The van der Waals surface area contributed by atoms with E-state index in [2.05, 4.69) is 0 Å². The molecule has 0 aliphatic carbocycles. The molecule has 0 amide bonds. The first-order chi connectivity index (χ1) is 20.3. The highest BCUT2D eigenvalue weighted by molar-refractivity contribution is 5.97. The van der Waals surface area contributed by atoms with Crippen molar-refractivity contribution in [2.45, 2.75) is 142 Å². The Morgan fingerprint density at radius 2 is 1.75 bits per heavy atom. The number of carbonyl (C=O) groups excluding carboxylic acids is 3. The van der Waals surface area contributed by atoms with E-state index in [1.165, 1.54) is 27.0 Å². The van der Waals surface area contributed by atoms with Gasteiger partial charge in [0, 0.05) is 25.9 Å². The van der Waals surface area contributed by atoms with Gasteiger partial charge in [0.05, 0.1) is 35.9 Å². The second-order valence-electron chi connectivity index (χ2n) is 13.4. The number of hydrogen-bond donors (Lipinski definition) is 2.